The van der Waals surface area contributed by atoms with Crippen LogP contribution in [0.25, 0.3) is 6.08 Å². The van der Waals surface area contributed by atoms with Crippen LogP contribution in [0.3, 0.4) is 0 Å². The summed E-state index contributed by atoms with van der Waals surface area (Å²) in [7, 11) is 1.54. The van der Waals surface area contributed by atoms with Gasteiger partial charge in [-0.05, 0) is 42.5 Å². The highest BCUT2D eigenvalue weighted by Crippen LogP contribution is 2.38. The molecular formula is C21H18BrNO5S. The van der Waals surface area contributed by atoms with Gasteiger partial charge in [-0.15, -0.1) is 0 Å². The van der Waals surface area contributed by atoms with E-state index in [1.165, 1.54) is 0 Å². The first-order valence-corrected chi connectivity index (χ1v) is 10.4. The summed E-state index contributed by atoms with van der Waals surface area (Å²) in [6.45, 7) is 2.02. The van der Waals surface area contributed by atoms with Crippen LogP contribution in [0.5, 0.6) is 11.5 Å². The van der Waals surface area contributed by atoms with Gasteiger partial charge in [-0.25, -0.2) is 0 Å². The van der Waals surface area contributed by atoms with Crippen molar-refractivity contribution in [1.82, 2.24) is 4.90 Å². The first-order chi connectivity index (χ1) is 13.9. The predicted octanol–water partition coefficient (Wildman–Crippen LogP) is 4.78. The highest BCUT2D eigenvalue weighted by Gasteiger charge is 2.36. The van der Waals surface area contributed by atoms with Crippen LogP contribution in [0.4, 0.5) is 4.79 Å². The third-order valence-electron chi connectivity index (χ3n) is 4.14. The van der Waals surface area contributed by atoms with Gasteiger partial charge in [0.25, 0.3) is 11.1 Å². The Kier molecular flexibility index (Phi) is 6.76. The van der Waals surface area contributed by atoms with E-state index in [9.17, 15) is 14.4 Å². The maximum atomic E-state index is 12.7. The number of carbonyl (C=O) groups is 3. The molecule has 150 valence electrons. The van der Waals surface area contributed by atoms with E-state index in [0.717, 1.165) is 16.7 Å². The zero-order valence-electron chi connectivity index (χ0n) is 15.8. The molecule has 29 heavy (non-hydrogen) atoms. The second kappa shape index (κ2) is 9.28. The number of hydrogen-bond donors (Lipinski definition) is 0. The molecule has 0 spiro atoms. The fourth-order valence-electron chi connectivity index (χ4n) is 2.73. The number of imide groups is 1. The summed E-state index contributed by atoms with van der Waals surface area (Å²) in [5, 5.41) is -0.472. The van der Waals surface area contributed by atoms with E-state index in [4.69, 9.17) is 9.47 Å². The van der Waals surface area contributed by atoms with E-state index in [1.54, 1.807) is 55.7 Å². The van der Waals surface area contributed by atoms with Gasteiger partial charge in [-0.2, -0.15) is 0 Å². The monoisotopic (exact) mass is 475 g/mol. The minimum atomic E-state index is -0.495. The van der Waals surface area contributed by atoms with Gasteiger partial charge in [0.15, 0.2) is 17.3 Å². The molecule has 3 rings (SSSR count). The number of ketones is 1. The summed E-state index contributed by atoms with van der Waals surface area (Å²) in [6, 6.07) is 12.0. The molecule has 1 aliphatic heterocycles. The average molecular weight is 476 g/mol. The number of ether oxygens (including phenoxy) is 2. The topological polar surface area (TPSA) is 72.9 Å². The van der Waals surface area contributed by atoms with Gasteiger partial charge in [0.1, 0.15) is 0 Å². The van der Waals surface area contributed by atoms with Gasteiger partial charge in [0, 0.05) is 10.0 Å². The second-order valence-electron chi connectivity index (χ2n) is 6.01. The van der Waals surface area contributed by atoms with Gasteiger partial charge >= 0.3 is 0 Å². The predicted molar refractivity (Wildman–Crippen MR) is 115 cm³/mol. The fourth-order valence-corrected chi connectivity index (χ4v) is 3.99. The van der Waals surface area contributed by atoms with E-state index in [-0.39, 0.29) is 17.2 Å². The quantitative estimate of drug-likeness (QED) is 0.423. The van der Waals surface area contributed by atoms with Gasteiger partial charge in [0.2, 0.25) is 0 Å². The first kappa shape index (κ1) is 21.1. The minimum Gasteiger partial charge on any atom is -0.493 e. The summed E-state index contributed by atoms with van der Waals surface area (Å²) >= 11 is 4.25. The highest BCUT2D eigenvalue weighted by atomic mass is 79.9. The third kappa shape index (κ3) is 4.71. The molecule has 0 aromatic heterocycles. The SMILES string of the molecule is CCOc1cc(C=C2SC(=O)N(CC(=O)c3ccccc3)C2=O)c(Br)cc1OC. The molecule has 0 radical (unpaired) electrons. The zero-order valence-corrected chi connectivity index (χ0v) is 18.2. The number of hydrogen-bond acceptors (Lipinski definition) is 6. The van der Waals surface area contributed by atoms with Crippen molar-refractivity contribution < 1.29 is 23.9 Å². The molecule has 2 aromatic carbocycles. The number of rotatable bonds is 7. The number of thioether (sulfide) groups is 1. The van der Waals surface area contributed by atoms with Crippen molar-refractivity contribution in [3.63, 3.8) is 0 Å². The van der Waals surface area contributed by atoms with Gasteiger partial charge in [-0.1, -0.05) is 46.3 Å². The maximum absolute atomic E-state index is 12.7. The van der Waals surface area contributed by atoms with Crippen molar-refractivity contribution in [3.8, 4) is 11.5 Å². The molecule has 2 aromatic rings. The molecule has 0 unspecified atom stereocenters. The van der Waals surface area contributed by atoms with Crippen LogP contribution in [0.15, 0.2) is 51.8 Å². The number of Topliss-reactive ketones (excluding diaryl/α,β-unsaturated/α-hetero) is 1. The Hall–Kier alpha value is -2.58. The van der Waals surface area contributed by atoms with Crippen molar-refractivity contribution in [2.75, 3.05) is 20.3 Å². The van der Waals surface area contributed by atoms with Crippen LogP contribution in [0.1, 0.15) is 22.8 Å². The lowest BCUT2D eigenvalue weighted by Crippen LogP contribution is -2.33. The molecule has 0 aliphatic carbocycles. The van der Waals surface area contributed by atoms with Gasteiger partial charge < -0.3 is 9.47 Å². The molecule has 6 nitrogen and oxygen atoms in total. The number of nitrogens with zero attached hydrogens (tertiary/aromatic N) is 1. The molecular weight excluding hydrogens is 458 g/mol. The Morgan fingerprint density at radius 3 is 2.55 bits per heavy atom. The van der Waals surface area contributed by atoms with Crippen LogP contribution in [-0.4, -0.2) is 42.1 Å². The molecule has 1 aliphatic rings. The normalized spacial score (nSPS) is 15.1. The molecule has 0 bridgehead atoms. The van der Waals surface area contributed by atoms with Crippen LogP contribution in [-0.2, 0) is 4.79 Å². The summed E-state index contributed by atoms with van der Waals surface area (Å²) in [6.07, 6.45) is 1.60. The third-order valence-corrected chi connectivity index (χ3v) is 5.73. The molecule has 0 N–H and O–H groups in total. The Balaban J connectivity index is 1.84. The van der Waals surface area contributed by atoms with Crippen LogP contribution >= 0.6 is 27.7 Å². The van der Waals surface area contributed by atoms with E-state index in [0.29, 0.717) is 33.7 Å². The lowest BCUT2D eigenvalue weighted by atomic mass is 10.1. The molecule has 2 amide bonds. The van der Waals surface area contributed by atoms with Crippen molar-refractivity contribution >= 4 is 50.7 Å². The molecule has 1 fully saturated rings. The van der Waals surface area contributed by atoms with E-state index >= 15 is 0 Å². The summed E-state index contributed by atoms with van der Waals surface area (Å²) in [4.78, 5) is 38.6. The smallest absolute Gasteiger partial charge is 0.293 e. The largest absolute Gasteiger partial charge is 0.493 e. The number of methoxy groups -OCH3 is 1. The number of amides is 2. The molecule has 0 saturated carbocycles. The van der Waals surface area contributed by atoms with Crippen molar-refractivity contribution in [3.05, 3.63) is 63.0 Å². The summed E-state index contributed by atoms with van der Waals surface area (Å²) in [5.41, 5.74) is 1.11. The van der Waals surface area contributed by atoms with E-state index in [2.05, 4.69) is 15.9 Å². The summed E-state index contributed by atoms with van der Waals surface area (Å²) in [5.74, 6) is 0.295. The second-order valence-corrected chi connectivity index (χ2v) is 7.86. The molecule has 0 atom stereocenters. The Morgan fingerprint density at radius 1 is 1.17 bits per heavy atom. The average Bonchev–Trinajstić information content (AvgIpc) is 2.98. The van der Waals surface area contributed by atoms with Crippen molar-refractivity contribution in [2.24, 2.45) is 0 Å². The Morgan fingerprint density at radius 2 is 1.90 bits per heavy atom. The van der Waals surface area contributed by atoms with Crippen LogP contribution < -0.4 is 9.47 Å². The zero-order chi connectivity index (χ0) is 21.0. The summed E-state index contributed by atoms with van der Waals surface area (Å²) < 4.78 is 11.6. The first-order valence-electron chi connectivity index (χ1n) is 8.78. The molecule has 1 saturated heterocycles. The van der Waals surface area contributed by atoms with Crippen LogP contribution in [0, 0.1) is 0 Å². The van der Waals surface area contributed by atoms with Crippen molar-refractivity contribution in [2.45, 2.75) is 6.92 Å². The van der Waals surface area contributed by atoms with E-state index in [1.807, 2.05) is 6.92 Å². The number of carbonyl (C=O) groups excluding carboxylic acids is 3. The minimum absolute atomic E-state index is 0.240. The lowest BCUT2D eigenvalue weighted by molar-refractivity contribution is -0.122. The number of benzene rings is 2. The standard InChI is InChI=1S/C21H18BrNO5S/c1-3-28-18-9-14(15(22)11-17(18)27-2)10-19-20(25)23(21(26)29-19)12-16(24)13-7-5-4-6-8-13/h4-11H,3,12H2,1-2H3. The van der Waals surface area contributed by atoms with E-state index < -0.39 is 11.1 Å². The van der Waals surface area contributed by atoms with Crippen LogP contribution in [0.2, 0.25) is 0 Å². The van der Waals surface area contributed by atoms with Gasteiger partial charge in [-0.3, -0.25) is 19.3 Å². The van der Waals surface area contributed by atoms with Gasteiger partial charge in [0.05, 0.1) is 25.2 Å². The molecule has 8 heteroatoms. The fraction of sp³-hybridized carbons (Fsp3) is 0.190. The maximum Gasteiger partial charge on any atom is 0.293 e. The lowest BCUT2D eigenvalue weighted by Gasteiger charge is -2.12. The van der Waals surface area contributed by atoms with Crippen molar-refractivity contribution in [1.29, 1.82) is 0 Å². The highest BCUT2D eigenvalue weighted by molar-refractivity contribution is 9.10. The number of halogens is 1. The molecule has 1 heterocycles. The Labute approximate surface area is 181 Å². The Bertz CT molecular complexity index is 990.